The summed E-state index contributed by atoms with van der Waals surface area (Å²) in [6.07, 6.45) is 1.24. The van der Waals surface area contributed by atoms with Gasteiger partial charge < -0.3 is 10.0 Å². The molecule has 2 rings (SSSR count). The molecule has 1 N–H and O–H groups in total. The lowest BCUT2D eigenvalue weighted by Crippen LogP contribution is -2.40. The normalized spacial score (nSPS) is 19.6. The highest BCUT2D eigenvalue weighted by molar-refractivity contribution is 7.13. The summed E-state index contributed by atoms with van der Waals surface area (Å²) in [6, 6.07) is -0.707. The maximum atomic E-state index is 12.2. The molecule has 17 heavy (non-hydrogen) atoms. The third-order valence-corrected chi connectivity index (χ3v) is 4.58. The molecule has 1 fully saturated rings. The number of carbonyl (C=O) groups is 2. The van der Waals surface area contributed by atoms with Gasteiger partial charge >= 0.3 is 5.97 Å². The molecule has 1 aliphatic heterocycles. The van der Waals surface area contributed by atoms with Gasteiger partial charge in [0, 0.05) is 6.54 Å². The van der Waals surface area contributed by atoms with Gasteiger partial charge in [-0.05, 0) is 30.7 Å². The minimum atomic E-state index is -0.944. The monoisotopic (exact) mass is 273 g/mol. The number of carbonyl (C=O) groups excluding carboxylic acids is 1. The fraction of sp³-hybridized carbons (Fsp3) is 0.455. The smallest absolute Gasteiger partial charge is 0.326 e. The molecular formula is C11H12ClNO3S. The Labute approximate surface area is 108 Å². The van der Waals surface area contributed by atoms with Crippen LogP contribution < -0.4 is 0 Å². The fourth-order valence-electron chi connectivity index (χ4n) is 1.97. The van der Waals surface area contributed by atoms with Gasteiger partial charge in [0.25, 0.3) is 5.91 Å². The van der Waals surface area contributed by atoms with Crippen LogP contribution in [0, 0.1) is 6.92 Å². The Kier molecular flexibility index (Phi) is 3.40. The maximum absolute atomic E-state index is 12.2. The molecule has 1 atom stereocenters. The quantitative estimate of drug-likeness (QED) is 0.900. The summed E-state index contributed by atoms with van der Waals surface area (Å²) in [5, 5.41) is 11.3. The minimum absolute atomic E-state index is 0.266. The first-order valence-electron chi connectivity index (χ1n) is 5.29. The van der Waals surface area contributed by atoms with E-state index < -0.39 is 12.0 Å². The fourth-order valence-corrected chi connectivity index (χ4v) is 3.20. The van der Waals surface area contributed by atoms with Crippen LogP contribution in [-0.2, 0) is 4.79 Å². The first kappa shape index (κ1) is 12.4. The lowest BCUT2D eigenvalue weighted by Gasteiger charge is -2.20. The number of hydrogen-bond acceptors (Lipinski definition) is 3. The molecule has 1 amide bonds. The second kappa shape index (κ2) is 4.66. The van der Waals surface area contributed by atoms with E-state index in [-0.39, 0.29) is 5.91 Å². The molecule has 6 heteroatoms. The maximum Gasteiger partial charge on any atom is 0.326 e. The van der Waals surface area contributed by atoms with Crippen LogP contribution in [0.3, 0.4) is 0 Å². The summed E-state index contributed by atoms with van der Waals surface area (Å²) in [5.74, 6) is -1.21. The highest BCUT2D eigenvalue weighted by Gasteiger charge is 2.35. The van der Waals surface area contributed by atoms with Crippen molar-refractivity contribution < 1.29 is 14.7 Å². The zero-order chi connectivity index (χ0) is 12.6. The van der Waals surface area contributed by atoms with Gasteiger partial charge in [0.15, 0.2) is 0 Å². The molecule has 0 spiro atoms. The van der Waals surface area contributed by atoms with Gasteiger partial charge in [-0.3, -0.25) is 4.79 Å². The van der Waals surface area contributed by atoms with Crippen LogP contribution in [0.4, 0.5) is 0 Å². The van der Waals surface area contributed by atoms with Crippen LogP contribution in [-0.4, -0.2) is 34.5 Å². The summed E-state index contributed by atoms with van der Waals surface area (Å²) in [6.45, 7) is 2.32. The van der Waals surface area contributed by atoms with Gasteiger partial charge in [0.2, 0.25) is 0 Å². The molecule has 1 aliphatic rings. The number of amides is 1. The summed E-state index contributed by atoms with van der Waals surface area (Å²) >= 11 is 7.29. The van der Waals surface area contributed by atoms with Crippen molar-refractivity contribution in [1.29, 1.82) is 0 Å². The molecule has 0 aliphatic carbocycles. The van der Waals surface area contributed by atoms with Crippen LogP contribution in [0.2, 0.25) is 5.02 Å². The number of rotatable bonds is 2. The largest absolute Gasteiger partial charge is 0.480 e. The number of thiophene rings is 1. The topological polar surface area (TPSA) is 57.6 Å². The molecule has 0 bridgehead atoms. The zero-order valence-corrected chi connectivity index (χ0v) is 10.8. The van der Waals surface area contributed by atoms with Crippen LogP contribution in [0.15, 0.2) is 5.38 Å². The first-order valence-corrected chi connectivity index (χ1v) is 6.55. The van der Waals surface area contributed by atoms with E-state index in [0.29, 0.717) is 22.9 Å². The van der Waals surface area contributed by atoms with Crippen LogP contribution >= 0.6 is 22.9 Å². The van der Waals surface area contributed by atoms with Crippen molar-refractivity contribution in [2.24, 2.45) is 0 Å². The van der Waals surface area contributed by atoms with Crippen molar-refractivity contribution in [2.45, 2.75) is 25.8 Å². The van der Waals surface area contributed by atoms with Crippen molar-refractivity contribution in [3.8, 4) is 0 Å². The molecule has 0 radical (unpaired) electrons. The van der Waals surface area contributed by atoms with E-state index in [0.717, 1.165) is 12.0 Å². The van der Waals surface area contributed by atoms with E-state index in [1.807, 2.05) is 6.92 Å². The average molecular weight is 274 g/mol. The van der Waals surface area contributed by atoms with Gasteiger partial charge in [0.05, 0.1) is 5.02 Å². The highest BCUT2D eigenvalue weighted by Crippen LogP contribution is 2.30. The third-order valence-electron chi connectivity index (χ3n) is 2.89. The molecule has 0 unspecified atom stereocenters. The molecular weight excluding hydrogens is 262 g/mol. The van der Waals surface area contributed by atoms with Gasteiger partial charge in [-0.25, -0.2) is 4.79 Å². The number of aryl methyl sites for hydroxylation is 1. The third kappa shape index (κ3) is 2.17. The number of halogens is 1. The standard InChI is InChI=1S/C11H12ClNO3S/c1-6-5-17-9(8(6)12)10(14)13-4-2-3-7(13)11(15)16/h5,7H,2-4H2,1H3,(H,15,16)/t7-/m0/s1. The Hall–Kier alpha value is -1.07. The van der Waals surface area contributed by atoms with E-state index in [1.165, 1.54) is 16.2 Å². The molecule has 0 aromatic carbocycles. The van der Waals surface area contributed by atoms with Gasteiger partial charge in [-0.15, -0.1) is 11.3 Å². The Morgan fingerprint density at radius 3 is 2.82 bits per heavy atom. The van der Waals surface area contributed by atoms with Crippen LogP contribution in [0.1, 0.15) is 28.1 Å². The Morgan fingerprint density at radius 2 is 2.29 bits per heavy atom. The van der Waals surface area contributed by atoms with Crippen molar-refractivity contribution in [3.05, 3.63) is 20.8 Å². The number of aliphatic carboxylic acids is 1. The van der Waals surface area contributed by atoms with E-state index >= 15 is 0 Å². The summed E-state index contributed by atoms with van der Waals surface area (Å²) in [5.41, 5.74) is 0.853. The SMILES string of the molecule is Cc1csc(C(=O)N2CCC[C@H]2C(=O)O)c1Cl. The predicted octanol–water partition coefficient (Wildman–Crippen LogP) is 2.40. The number of carboxylic acids is 1. The molecule has 92 valence electrons. The van der Waals surface area contributed by atoms with E-state index in [1.54, 1.807) is 5.38 Å². The number of hydrogen-bond donors (Lipinski definition) is 1. The number of likely N-dealkylation sites (tertiary alicyclic amines) is 1. The van der Waals surface area contributed by atoms with Crippen LogP contribution in [0.25, 0.3) is 0 Å². The second-order valence-corrected chi connectivity index (χ2v) is 5.31. The predicted molar refractivity (Wildman–Crippen MR) is 65.8 cm³/mol. The molecule has 1 aromatic rings. The molecule has 0 saturated carbocycles. The van der Waals surface area contributed by atoms with Gasteiger partial charge in [-0.2, -0.15) is 0 Å². The summed E-state index contributed by atoms with van der Waals surface area (Å²) in [4.78, 5) is 25.0. The van der Waals surface area contributed by atoms with Crippen LogP contribution in [0.5, 0.6) is 0 Å². The average Bonchev–Trinajstić information content (AvgIpc) is 2.87. The Balaban J connectivity index is 2.26. The van der Waals surface area contributed by atoms with E-state index in [9.17, 15) is 9.59 Å². The minimum Gasteiger partial charge on any atom is -0.480 e. The molecule has 1 saturated heterocycles. The summed E-state index contributed by atoms with van der Waals surface area (Å²) in [7, 11) is 0. The first-order chi connectivity index (χ1) is 8.02. The number of carboxylic acid groups (broad SMARTS) is 1. The van der Waals surface area contributed by atoms with Gasteiger partial charge in [-0.1, -0.05) is 11.6 Å². The second-order valence-electron chi connectivity index (χ2n) is 4.06. The van der Waals surface area contributed by atoms with E-state index in [4.69, 9.17) is 16.7 Å². The highest BCUT2D eigenvalue weighted by atomic mass is 35.5. The van der Waals surface area contributed by atoms with Crippen molar-refractivity contribution in [2.75, 3.05) is 6.54 Å². The Bertz CT molecular complexity index is 471. The lowest BCUT2D eigenvalue weighted by molar-refractivity contribution is -0.141. The summed E-state index contributed by atoms with van der Waals surface area (Å²) < 4.78 is 0. The van der Waals surface area contributed by atoms with Crippen molar-refractivity contribution in [1.82, 2.24) is 4.90 Å². The molecule has 1 aromatic heterocycles. The van der Waals surface area contributed by atoms with Crippen molar-refractivity contribution in [3.63, 3.8) is 0 Å². The zero-order valence-electron chi connectivity index (χ0n) is 9.27. The molecule has 4 nitrogen and oxygen atoms in total. The van der Waals surface area contributed by atoms with Gasteiger partial charge in [0.1, 0.15) is 10.9 Å². The molecule has 2 heterocycles. The number of nitrogens with zero attached hydrogens (tertiary/aromatic N) is 1. The lowest BCUT2D eigenvalue weighted by atomic mass is 10.2. The van der Waals surface area contributed by atoms with E-state index in [2.05, 4.69) is 0 Å². The Morgan fingerprint density at radius 1 is 1.59 bits per heavy atom. The van der Waals surface area contributed by atoms with Crippen molar-refractivity contribution >= 4 is 34.8 Å².